The Kier molecular flexibility index (Phi) is 10.9. The molecule has 206 valence electrons. The smallest absolute Gasteiger partial charge is 0.311 e. The third-order valence-electron chi connectivity index (χ3n) is 7.86. The van der Waals surface area contributed by atoms with E-state index < -0.39 is 59.9 Å². The van der Waals surface area contributed by atoms with Crippen molar-refractivity contribution in [2.75, 3.05) is 27.3 Å². The molecule has 4 N–H and O–H groups in total. The minimum Gasteiger partial charge on any atom is -0.462 e. The minimum absolute atomic E-state index is 0.265. The van der Waals surface area contributed by atoms with Crippen LogP contribution >= 0.6 is 0 Å². The number of rotatable bonds is 3. The summed E-state index contributed by atoms with van der Waals surface area (Å²) in [5.74, 6) is -1.30. The van der Waals surface area contributed by atoms with Crippen molar-refractivity contribution in [1.82, 2.24) is 4.90 Å². The van der Waals surface area contributed by atoms with Gasteiger partial charge in [-0.15, -0.1) is 0 Å². The van der Waals surface area contributed by atoms with Crippen LogP contribution in [0.1, 0.15) is 66.7 Å². The highest BCUT2D eigenvalue weighted by Crippen LogP contribution is 2.34. The number of aliphatic hydroxyl groups is 4. The molecule has 10 nitrogen and oxygen atoms in total. The van der Waals surface area contributed by atoms with Gasteiger partial charge in [-0.25, -0.2) is 0 Å². The number of nitrogens with zero attached hydrogens (tertiary/aromatic N) is 1. The van der Waals surface area contributed by atoms with Crippen molar-refractivity contribution in [3.8, 4) is 0 Å². The van der Waals surface area contributed by atoms with Crippen LogP contribution in [0.25, 0.3) is 0 Å². The average molecular weight is 506 g/mol. The van der Waals surface area contributed by atoms with Gasteiger partial charge in [0.15, 0.2) is 6.29 Å². The monoisotopic (exact) mass is 505 g/mol. The molecule has 2 rings (SSSR count). The first kappa shape index (κ1) is 30.4. The molecule has 2 heterocycles. The Morgan fingerprint density at radius 3 is 2.34 bits per heavy atom. The fourth-order valence-electron chi connectivity index (χ4n) is 4.85. The molecule has 0 amide bonds. The molecule has 0 spiro atoms. The van der Waals surface area contributed by atoms with Gasteiger partial charge in [-0.05, 0) is 73.9 Å². The van der Waals surface area contributed by atoms with Gasteiger partial charge in [0, 0.05) is 19.6 Å². The molecular formula is C25H47NO9. The van der Waals surface area contributed by atoms with E-state index in [4.69, 9.17) is 18.9 Å². The summed E-state index contributed by atoms with van der Waals surface area (Å²) in [4.78, 5) is 14.9. The number of methoxy groups -OCH3 is 1. The number of aliphatic hydroxyl groups excluding tert-OH is 3. The molecule has 10 heteroatoms. The van der Waals surface area contributed by atoms with Gasteiger partial charge in [0.05, 0.1) is 29.8 Å². The predicted octanol–water partition coefficient (Wildman–Crippen LogP) is 0.819. The molecule has 0 unspecified atom stereocenters. The lowest BCUT2D eigenvalue weighted by atomic mass is 9.88. The topological polar surface area (TPSA) is 138 Å². The van der Waals surface area contributed by atoms with Crippen LogP contribution < -0.4 is 0 Å². The Bertz CT molecular complexity index is 677. The van der Waals surface area contributed by atoms with Crippen molar-refractivity contribution in [3.05, 3.63) is 0 Å². The molecule has 2 fully saturated rings. The zero-order chi connectivity index (χ0) is 26.6. The number of hydrogen-bond acceptors (Lipinski definition) is 10. The normalized spacial score (nSPS) is 45.9. The van der Waals surface area contributed by atoms with E-state index in [-0.39, 0.29) is 19.1 Å². The van der Waals surface area contributed by atoms with Gasteiger partial charge in [-0.2, -0.15) is 0 Å². The summed E-state index contributed by atoms with van der Waals surface area (Å²) >= 11 is 0. The average Bonchev–Trinajstić information content (AvgIpc) is 2.81. The summed E-state index contributed by atoms with van der Waals surface area (Å²) < 4.78 is 23.1. The fourth-order valence-corrected chi connectivity index (χ4v) is 4.85. The van der Waals surface area contributed by atoms with E-state index in [1.165, 1.54) is 14.0 Å². The SMILES string of the molecule is CO[C@]1(C)C[C@H](O[C@H]2CC[C@H](O)CCCN(C)[C@H](C)[C@@H](O)[C@](C)(O)COC(=O)[C@@H]2C)O[C@@H](C)[C@@H]1O. The van der Waals surface area contributed by atoms with E-state index in [0.717, 1.165) is 0 Å². The summed E-state index contributed by atoms with van der Waals surface area (Å²) in [6, 6.07) is -0.379. The third-order valence-corrected chi connectivity index (χ3v) is 7.86. The number of likely N-dealkylation sites (N-methyl/N-ethyl adjacent to an activating group) is 1. The Hall–Kier alpha value is -0.850. The van der Waals surface area contributed by atoms with Gasteiger partial charge in [-0.3, -0.25) is 4.79 Å². The second kappa shape index (κ2) is 12.6. The first-order valence-corrected chi connectivity index (χ1v) is 12.7. The first-order valence-electron chi connectivity index (χ1n) is 12.7. The van der Waals surface area contributed by atoms with Crippen LogP contribution in [0.15, 0.2) is 0 Å². The van der Waals surface area contributed by atoms with Crippen LogP contribution in [0.3, 0.4) is 0 Å². The zero-order valence-electron chi connectivity index (χ0n) is 22.3. The van der Waals surface area contributed by atoms with Gasteiger partial charge in [0.1, 0.15) is 24.4 Å². The van der Waals surface area contributed by atoms with Crippen LogP contribution in [-0.2, 0) is 23.7 Å². The van der Waals surface area contributed by atoms with E-state index in [9.17, 15) is 25.2 Å². The van der Waals surface area contributed by atoms with Crippen LogP contribution in [0.5, 0.6) is 0 Å². The van der Waals surface area contributed by atoms with E-state index in [0.29, 0.717) is 32.2 Å². The maximum absolute atomic E-state index is 13.0. The lowest BCUT2D eigenvalue weighted by Crippen LogP contribution is -2.57. The number of hydrogen-bond donors (Lipinski definition) is 4. The van der Waals surface area contributed by atoms with Crippen LogP contribution in [-0.4, -0.2) is 113 Å². The molecule has 0 aliphatic carbocycles. The molecule has 0 saturated carbocycles. The number of esters is 1. The van der Waals surface area contributed by atoms with E-state index in [1.807, 2.05) is 11.9 Å². The van der Waals surface area contributed by atoms with Crippen molar-refractivity contribution >= 4 is 5.97 Å². The van der Waals surface area contributed by atoms with Gasteiger partial charge < -0.3 is 44.3 Å². The number of carbonyl (C=O) groups excluding carboxylic acids is 1. The van der Waals surface area contributed by atoms with Crippen molar-refractivity contribution in [2.24, 2.45) is 5.92 Å². The van der Waals surface area contributed by atoms with Gasteiger partial charge in [0.2, 0.25) is 0 Å². The maximum atomic E-state index is 13.0. The quantitative estimate of drug-likeness (QED) is 0.408. The largest absolute Gasteiger partial charge is 0.462 e. The molecule has 0 aromatic heterocycles. The minimum atomic E-state index is -1.64. The van der Waals surface area contributed by atoms with Crippen molar-refractivity contribution in [3.63, 3.8) is 0 Å². The predicted molar refractivity (Wildman–Crippen MR) is 129 cm³/mol. The van der Waals surface area contributed by atoms with Gasteiger partial charge in [-0.1, -0.05) is 0 Å². The van der Waals surface area contributed by atoms with Crippen molar-refractivity contribution < 1.29 is 44.2 Å². The van der Waals surface area contributed by atoms with Crippen molar-refractivity contribution in [1.29, 1.82) is 0 Å². The highest BCUT2D eigenvalue weighted by Gasteiger charge is 2.46. The van der Waals surface area contributed by atoms with E-state index in [2.05, 4.69) is 0 Å². The molecule has 2 aliphatic heterocycles. The lowest BCUT2D eigenvalue weighted by molar-refractivity contribution is -0.292. The molecule has 2 aliphatic rings. The summed E-state index contributed by atoms with van der Waals surface area (Å²) in [5, 5.41) is 42.6. The Morgan fingerprint density at radius 1 is 1.06 bits per heavy atom. The zero-order valence-corrected chi connectivity index (χ0v) is 22.3. The molecule has 10 atom stereocenters. The van der Waals surface area contributed by atoms with E-state index >= 15 is 0 Å². The Morgan fingerprint density at radius 2 is 1.71 bits per heavy atom. The summed E-state index contributed by atoms with van der Waals surface area (Å²) in [6.07, 6.45) is -2.11. The van der Waals surface area contributed by atoms with Gasteiger partial charge >= 0.3 is 5.97 Å². The second-order valence-electron chi connectivity index (χ2n) is 10.9. The molecule has 0 aromatic carbocycles. The highest BCUT2D eigenvalue weighted by molar-refractivity contribution is 5.72. The van der Waals surface area contributed by atoms with Crippen molar-refractivity contribution in [2.45, 2.75) is 121 Å². The van der Waals surface area contributed by atoms with Gasteiger partial charge in [0.25, 0.3) is 0 Å². The first-order chi connectivity index (χ1) is 16.2. The second-order valence-corrected chi connectivity index (χ2v) is 10.9. The Labute approximate surface area is 209 Å². The number of ether oxygens (including phenoxy) is 4. The highest BCUT2D eigenvalue weighted by atomic mass is 16.7. The van der Waals surface area contributed by atoms with Crippen LogP contribution in [0, 0.1) is 5.92 Å². The summed E-state index contributed by atoms with van der Waals surface area (Å²) in [7, 11) is 3.37. The van der Waals surface area contributed by atoms with Crippen LogP contribution in [0.4, 0.5) is 0 Å². The molecular weight excluding hydrogens is 458 g/mol. The van der Waals surface area contributed by atoms with Crippen LogP contribution in [0.2, 0.25) is 0 Å². The number of carbonyl (C=O) groups is 1. The van der Waals surface area contributed by atoms with E-state index in [1.54, 1.807) is 27.7 Å². The number of cyclic esters (lactones) is 1. The molecule has 0 radical (unpaired) electrons. The lowest BCUT2D eigenvalue weighted by Gasteiger charge is -2.45. The molecule has 0 aromatic rings. The maximum Gasteiger partial charge on any atom is 0.311 e. The fraction of sp³-hybridized carbons (Fsp3) is 0.960. The standard InChI is InChI=1S/C25H47NO9/c1-15-19(35-20-13-25(5,32-7)22(29)17(3)34-20)11-10-18(27)9-8-12-26(6)16(2)21(28)24(4,31)14-33-23(15)30/h15-22,27-29,31H,8-14H2,1-7H3/t15-,16-,17+,18-,19+,20+,21-,22+,24-,25-/m1/s1. The molecule has 0 bridgehead atoms. The summed E-state index contributed by atoms with van der Waals surface area (Å²) in [5.41, 5.74) is -2.51. The summed E-state index contributed by atoms with van der Waals surface area (Å²) in [6.45, 7) is 8.72. The third kappa shape index (κ3) is 7.82. The molecule has 2 saturated heterocycles. The Balaban J connectivity index is 2.20. The molecule has 35 heavy (non-hydrogen) atoms.